The Hall–Kier alpha value is -2.73. The van der Waals surface area contributed by atoms with Gasteiger partial charge in [-0.05, 0) is 27.8 Å². The van der Waals surface area contributed by atoms with E-state index < -0.39 is 0 Å². The second-order valence-corrected chi connectivity index (χ2v) is 7.32. The van der Waals surface area contributed by atoms with Crippen LogP contribution in [0.15, 0.2) is 115 Å². The van der Waals surface area contributed by atoms with Crippen molar-refractivity contribution >= 4 is 9.24 Å². The molecule has 1 unspecified atom stereocenters. The molecule has 2 heteroatoms. The van der Waals surface area contributed by atoms with Crippen molar-refractivity contribution < 1.29 is 5.48 Å². The molecule has 4 aromatic carbocycles. The molecule has 4 aromatic rings. The summed E-state index contributed by atoms with van der Waals surface area (Å²) in [6, 6.07) is 40.8. The minimum Gasteiger partial charge on any atom is -0.412 e. The second kappa shape index (κ2) is 8.31. The van der Waals surface area contributed by atoms with Crippen LogP contribution < -0.4 is 0 Å². The molecule has 0 aliphatic heterocycles. The molecule has 2 N–H and O–H groups in total. The Kier molecular flexibility index (Phi) is 5.86. The monoisotopic (exact) mass is 370 g/mol. The molecule has 1 atom stereocenters. The van der Waals surface area contributed by atoms with Gasteiger partial charge < -0.3 is 5.48 Å². The van der Waals surface area contributed by atoms with Crippen LogP contribution >= 0.6 is 9.24 Å². The van der Waals surface area contributed by atoms with Gasteiger partial charge in [0.05, 0.1) is 5.16 Å². The fraction of sp³-hybridized carbons (Fsp3) is 0.0400. The average Bonchev–Trinajstić information content (AvgIpc) is 2.75. The molecular formula is C25H23OP. The van der Waals surface area contributed by atoms with Gasteiger partial charge in [0, 0.05) is 0 Å². The standard InChI is InChI=1S/C25H21P.H2O/c26-25(21-14-6-2-7-15-21,22-16-8-3-9-17-22)24-19-11-10-18-23(24)20-12-4-1-5-13-20;/h1-19H,26H2;1H2. The van der Waals surface area contributed by atoms with Crippen LogP contribution in [0.25, 0.3) is 11.1 Å². The molecule has 0 radical (unpaired) electrons. The lowest BCUT2D eigenvalue weighted by Crippen LogP contribution is -2.22. The van der Waals surface area contributed by atoms with E-state index in [1.165, 1.54) is 27.8 Å². The van der Waals surface area contributed by atoms with Crippen molar-refractivity contribution in [1.82, 2.24) is 0 Å². The van der Waals surface area contributed by atoms with Crippen LogP contribution in [-0.4, -0.2) is 5.48 Å². The highest BCUT2D eigenvalue weighted by Gasteiger charge is 2.33. The number of hydrogen-bond donors (Lipinski definition) is 0. The van der Waals surface area contributed by atoms with Crippen LogP contribution in [0.1, 0.15) is 16.7 Å². The highest BCUT2D eigenvalue weighted by molar-refractivity contribution is 7.19. The van der Waals surface area contributed by atoms with E-state index in [9.17, 15) is 0 Å². The SMILES string of the molecule is O.PC(c1ccccc1)(c1ccccc1)c1ccccc1-c1ccccc1. The minimum absolute atomic E-state index is 0. The van der Waals surface area contributed by atoms with Crippen molar-refractivity contribution in [2.24, 2.45) is 0 Å². The molecule has 134 valence electrons. The molecule has 1 nitrogen and oxygen atoms in total. The molecule has 0 amide bonds. The molecule has 0 saturated carbocycles. The Balaban J connectivity index is 0.00000210. The lowest BCUT2D eigenvalue weighted by atomic mass is 9.80. The maximum absolute atomic E-state index is 3.14. The molecule has 0 fully saturated rings. The lowest BCUT2D eigenvalue weighted by Gasteiger charge is -2.33. The smallest absolute Gasteiger partial charge is 0.0597 e. The summed E-state index contributed by atoms with van der Waals surface area (Å²) in [4.78, 5) is 0. The quantitative estimate of drug-likeness (QED) is 0.326. The molecule has 0 aliphatic rings. The van der Waals surface area contributed by atoms with Crippen LogP contribution in [0.4, 0.5) is 0 Å². The van der Waals surface area contributed by atoms with E-state index in [1.54, 1.807) is 0 Å². The Morgan fingerprint density at radius 3 is 1.41 bits per heavy atom. The zero-order valence-electron chi connectivity index (χ0n) is 15.0. The van der Waals surface area contributed by atoms with Gasteiger partial charge in [0.1, 0.15) is 0 Å². The van der Waals surface area contributed by atoms with Crippen molar-refractivity contribution in [2.45, 2.75) is 5.16 Å². The van der Waals surface area contributed by atoms with Crippen LogP contribution in [0, 0.1) is 0 Å². The minimum atomic E-state index is -0.311. The summed E-state index contributed by atoms with van der Waals surface area (Å²) in [5.41, 5.74) is 6.31. The highest BCUT2D eigenvalue weighted by atomic mass is 31.0. The summed E-state index contributed by atoms with van der Waals surface area (Å²) in [6.45, 7) is 0. The molecule has 0 saturated heterocycles. The van der Waals surface area contributed by atoms with Crippen LogP contribution in [0.5, 0.6) is 0 Å². The third kappa shape index (κ3) is 3.57. The topological polar surface area (TPSA) is 31.5 Å². The first-order valence-corrected chi connectivity index (χ1v) is 9.43. The Morgan fingerprint density at radius 1 is 0.481 bits per heavy atom. The van der Waals surface area contributed by atoms with Crippen molar-refractivity contribution in [2.75, 3.05) is 0 Å². The van der Waals surface area contributed by atoms with Gasteiger partial charge in [0.15, 0.2) is 0 Å². The zero-order valence-corrected chi connectivity index (χ0v) is 16.2. The van der Waals surface area contributed by atoms with Gasteiger partial charge in [0.25, 0.3) is 0 Å². The van der Waals surface area contributed by atoms with Gasteiger partial charge in [-0.3, -0.25) is 0 Å². The third-order valence-electron chi connectivity index (χ3n) is 4.89. The van der Waals surface area contributed by atoms with E-state index in [2.05, 4.69) is 125 Å². The summed E-state index contributed by atoms with van der Waals surface area (Å²) in [5, 5.41) is -0.311. The van der Waals surface area contributed by atoms with E-state index in [4.69, 9.17) is 0 Å². The molecule has 0 aliphatic carbocycles. The van der Waals surface area contributed by atoms with E-state index >= 15 is 0 Å². The predicted molar refractivity (Wildman–Crippen MR) is 118 cm³/mol. The van der Waals surface area contributed by atoms with Gasteiger partial charge in [-0.2, -0.15) is 0 Å². The maximum Gasteiger partial charge on any atom is 0.0597 e. The highest BCUT2D eigenvalue weighted by Crippen LogP contribution is 2.48. The van der Waals surface area contributed by atoms with Crippen LogP contribution in [0.3, 0.4) is 0 Å². The van der Waals surface area contributed by atoms with Gasteiger partial charge in [-0.1, -0.05) is 115 Å². The fourth-order valence-corrected chi connectivity index (χ4v) is 4.21. The van der Waals surface area contributed by atoms with Crippen molar-refractivity contribution in [1.29, 1.82) is 0 Å². The van der Waals surface area contributed by atoms with Crippen LogP contribution in [0.2, 0.25) is 0 Å². The Morgan fingerprint density at radius 2 is 0.889 bits per heavy atom. The van der Waals surface area contributed by atoms with Gasteiger partial charge in [-0.25, -0.2) is 0 Å². The predicted octanol–water partition coefficient (Wildman–Crippen LogP) is 5.70. The molecule has 27 heavy (non-hydrogen) atoms. The molecule has 0 spiro atoms. The van der Waals surface area contributed by atoms with E-state index in [0.29, 0.717) is 0 Å². The largest absolute Gasteiger partial charge is 0.412 e. The normalized spacial score (nSPS) is 10.9. The molecule has 0 heterocycles. The van der Waals surface area contributed by atoms with Crippen molar-refractivity contribution in [3.8, 4) is 11.1 Å². The molecule has 0 bridgehead atoms. The number of rotatable bonds is 4. The Bertz CT molecular complexity index is 943. The van der Waals surface area contributed by atoms with Gasteiger partial charge >= 0.3 is 0 Å². The average molecular weight is 370 g/mol. The van der Waals surface area contributed by atoms with Gasteiger partial charge in [0.2, 0.25) is 0 Å². The van der Waals surface area contributed by atoms with Crippen LogP contribution in [-0.2, 0) is 5.16 Å². The first-order chi connectivity index (χ1) is 12.8. The summed E-state index contributed by atoms with van der Waals surface area (Å²) in [7, 11) is 3.14. The number of hydrogen-bond acceptors (Lipinski definition) is 0. The summed E-state index contributed by atoms with van der Waals surface area (Å²) in [6.07, 6.45) is 0. The molecule has 0 aromatic heterocycles. The lowest BCUT2D eigenvalue weighted by molar-refractivity contribution is 0.824. The van der Waals surface area contributed by atoms with E-state index in [0.717, 1.165) is 0 Å². The summed E-state index contributed by atoms with van der Waals surface area (Å²) < 4.78 is 0. The maximum atomic E-state index is 3.14. The molecular weight excluding hydrogens is 347 g/mol. The molecule has 4 rings (SSSR count). The fourth-order valence-electron chi connectivity index (χ4n) is 3.58. The Labute approximate surface area is 163 Å². The first-order valence-electron chi connectivity index (χ1n) is 8.85. The first kappa shape index (κ1) is 19.0. The van der Waals surface area contributed by atoms with E-state index in [1.807, 2.05) is 0 Å². The third-order valence-corrected chi connectivity index (χ3v) is 5.87. The zero-order chi connectivity index (χ0) is 17.8. The summed E-state index contributed by atoms with van der Waals surface area (Å²) in [5.74, 6) is 0. The summed E-state index contributed by atoms with van der Waals surface area (Å²) >= 11 is 0. The van der Waals surface area contributed by atoms with Crippen molar-refractivity contribution in [3.05, 3.63) is 132 Å². The van der Waals surface area contributed by atoms with Crippen molar-refractivity contribution in [3.63, 3.8) is 0 Å². The number of benzene rings is 4. The second-order valence-electron chi connectivity index (χ2n) is 6.45. The van der Waals surface area contributed by atoms with Gasteiger partial charge in [-0.15, -0.1) is 9.24 Å². The van der Waals surface area contributed by atoms with E-state index in [-0.39, 0.29) is 10.6 Å².